The minimum absolute atomic E-state index is 0. The van der Waals surface area contributed by atoms with E-state index < -0.39 is 0 Å². The number of benzene rings is 1. The molecule has 0 amide bonds. The number of hydrogen-bond donors (Lipinski definition) is 2. The van der Waals surface area contributed by atoms with E-state index in [1.807, 2.05) is 37.4 Å². The topological polar surface area (TPSA) is 71.0 Å². The molecule has 2 aromatic rings. The van der Waals surface area contributed by atoms with E-state index in [0.717, 1.165) is 67.7 Å². The maximum atomic E-state index is 5.68. The molecular weight excluding hydrogens is 517 g/mol. The van der Waals surface area contributed by atoms with E-state index in [-0.39, 0.29) is 24.0 Å². The molecule has 0 radical (unpaired) electrons. The van der Waals surface area contributed by atoms with Gasteiger partial charge < -0.3 is 20.1 Å². The van der Waals surface area contributed by atoms with Crippen LogP contribution in [0.25, 0.3) is 0 Å². The highest BCUT2D eigenvalue weighted by atomic mass is 127. The summed E-state index contributed by atoms with van der Waals surface area (Å²) < 4.78 is 11.1. The first-order chi connectivity index (χ1) is 15.2. The number of aliphatic imine (C=N–C) groups is 1. The van der Waals surface area contributed by atoms with Gasteiger partial charge in [-0.3, -0.25) is 9.88 Å². The van der Waals surface area contributed by atoms with Crippen LogP contribution in [0.2, 0.25) is 0 Å². The largest absolute Gasteiger partial charge is 0.493 e. The number of aromatic nitrogens is 1. The van der Waals surface area contributed by atoms with E-state index in [9.17, 15) is 0 Å². The molecular formula is C24H36IN5O2. The monoisotopic (exact) mass is 553 g/mol. The van der Waals surface area contributed by atoms with Gasteiger partial charge in [0.05, 0.1) is 26.0 Å². The molecule has 0 aliphatic carbocycles. The summed E-state index contributed by atoms with van der Waals surface area (Å²) in [7, 11) is 1.66. The van der Waals surface area contributed by atoms with Crippen LogP contribution in [0.5, 0.6) is 11.5 Å². The highest BCUT2D eigenvalue weighted by Crippen LogP contribution is 2.28. The summed E-state index contributed by atoms with van der Waals surface area (Å²) in [6.45, 7) is 9.11. The molecule has 0 spiro atoms. The van der Waals surface area contributed by atoms with Crippen LogP contribution in [-0.2, 0) is 13.1 Å². The average Bonchev–Trinajstić information content (AvgIpc) is 2.80. The summed E-state index contributed by atoms with van der Waals surface area (Å²) >= 11 is 0. The Morgan fingerprint density at radius 2 is 1.97 bits per heavy atom. The summed E-state index contributed by atoms with van der Waals surface area (Å²) in [6.07, 6.45) is 4.05. The number of hydrogen-bond acceptors (Lipinski definition) is 5. The molecule has 3 rings (SSSR count). The maximum Gasteiger partial charge on any atom is 0.191 e. The number of pyridine rings is 1. The molecule has 0 saturated carbocycles. The molecule has 1 saturated heterocycles. The number of guanidine groups is 1. The number of methoxy groups -OCH3 is 1. The fourth-order valence-electron chi connectivity index (χ4n) is 3.73. The fraction of sp³-hybridized carbons (Fsp3) is 0.500. The fourth-order valence-corrected chi connectivity index (χ4v) is 3.73. The van der Waals surface area contributed by atoms with Crippen LogP contribution in [0.1, 0.15) is 37.9 Å². The van der Waals surface area contributed by atoms with E-state index in [1.165, 1.54) is 0 Å². The lowest BCUT2D eigenvalue weighted by atomic mass is 10.0. The Kier molecular flexibility index (Phi) is 11.6. The number of nitrogens with one attached hydrogen (secondary N) is 2. The summed E-state index contributed by atoms with van der Waals surface area (Å²) in [5.41, 5.74) is 2.22. The Balaban J connectivity index is 0.00000363. The summed E-state index contributed by atoms with van der Waals surface area (Å²) in [6, 6.07) is 12.5. The highest BCUT2D eigenvalue weighted by molar-refractivity contribution is 14.0. The van der Waals surface area contributed by atoms with Gasteiger partial charge in [0.15, 0.2) is 17.5 Å². The molecule has 1 aromatic carbocycles. The van der Waals surface area contributed by atoms with Gasteiger partial charge in [-0.05, 0) is 56.5 Å². The van der Waals surface area contributed by atoms with E-state index in [4.69, 9.17) is 14.5 Å². The van der Waals surface area contributed by atoms with Crippen LogP contribution in [0.3, 0.4) is 0 Å². The zero-order chi connectivity index (χ0) is 21.9. The normalized spacial score (nSPS) is 15.0. The van der Waals surface area contributed by atoms with E-state index >= 15 is 0 Å². The van der Waals surface area contributed by atoms with Crippen LogP contribution in [-0.4, -0.2) is 55.2 Å². The van der Waals surface area contributed by atoms with Gasteiger partial charge >= 0.3 is 0 Å². The SMILES string of the molecule is CCNC(=NCc1ccc(OC)c(OCC)c1)NC1CCN(Cc2ccccn2)CC1.I. The number of rotatable bonds is 9. The Morgan fingerprint density at radius 3 is 2.62 bits per heavy atom. The Bertz CT molecular complexity index is 826. The molecule has 7 nitrogen and oxygen atoms in total. The molecule has 0 bridgehead atoms. The molecule has 2 N–H and O–H groups in total. The van der Waals surface area contributed by atoms with Gasteiger partial charge in [-0.25, -0.2) is 4.99 Å². The molecule has 1 aliphatic rings. The van der Waals surface area contributed by atoms with Gasteiger partial charge in [-0.15, -0.1) is 24.0 Å². The lowest BCUT2D eigenvalue weighted by Gasteiger charge is -2.32. The highest BCUT2D eigenvalue weighted by Gasteiger charge is 2.20. The van der Waals surface area contributed by atoms with Crippen LogP contribution in [0, 0.1) is 0 Å². The second kappa shape index (κ2) is 14.2. The van der Waals surface area contributed by atoms with Crippen molar-refractivity contribution in [2.45, 2.75) is 45.8 Å². The Labute approximate surface area is 209 Å². The molecule has 32 heavy (non-hydrogen) atoms. The third kappa shape index (κ3) is 8.12. The van der Waals surface area contributed by atoms with Crippen molar-refractivity contribution in [1.29, 1.82) is 0 Å². The first-order valence-electron chi connectivity index (χ1n) is 11.2. The molecule has 1 aliphatic heterocycles. The molecule has 2 heterocycles. The van der Waals surface area contributed by atoms with Gasteiger partial charge in [-0.1, -0.05) is 12.1 Å². The summed E-state index contributed by atoms with van der Waals surface area (Å²) in [4.78, 5) is 11.7. The smallest absolute Gasteiger partial charge is 0.191 e. The van der Waals surface area contributed by atoms with Crippen molar-refractivity contribution in [3.8, 4) is 11.5 Å². The van der Waals surface area contributed by atoms with Crippen molar-refractivity contribution in [3.63, 3.8) is 0 Å². The standard InChI is InChI=1S/C24H35N5O2.HI/c1-4-25-24(27-17-19-9-10-22(30-3)23(16-19)31-5-2)28-20-11-14-29(15-12-20)18-21-8-6-7-13-26-21;/h6-10,13,16,20H,4-5,11-12,14-15,17-18H2,1-3H3,(H2,25,27,28);1H. The average molecular weight is 553 g/mol. The molecule has 1 fully saturated rings. The van der Waals surface area contributed by atoms with Gasteiger partial charge in [0, 0.05) is 38.4 Å². The zero-order valence-corrected chi connectivity index (χ0v) is 21.7. The number of halogens is 1. The lowest BCUT2D eigenvalue weighted by Crippen LogP contribution is -2.48. The van der Waals surface area contributed by atoms with Gasteiger partial charge in [0.2, 0.25) is 0 Å². The number of nitrogens with zero attached hydrogens (tertiary/aromatic N) is 3. The first-order valence-corrected chi connectivity index (χ1v) is 11.2. The quantitative estimate of drug-likeness (QED) is 0.280. The first kappa shape index (κ1) is 26.2. The van der Waals surface area contributed by atoms with Gasteiger partial charge in [0.1, 0.15) is 0 Å². The van der Waals surface area contributed by atoms with Crippen LogP contribution >= 0.6 is 24.0 Å². The maximum absolute atomic E-state index is 5.68. The van der Waals surface area contributed by atoms with Crippen molar-refractivity contribution >= 4 is 29.9 Å². The van der Waals surface area contributed by atoms with Crippen LogP contribution in [0.15, 0.2) is 47.6 Å². The second-order valence-electron chi connectivity index (χ2n) is 7.63. The Hall–Kier alpha value is -2.07. The number of piperidine rings is 1. The zero-order valence-electron chi connectivity index (χ0n) is 19.3. The number of ether oxygens (including phenoxy) is 2. The molecule has 176 valence electrons. The van der Waals surface area contributed by atoms with Crippen molar-refractivity contribution in [1.82, 2.24) is 20.5 Å². The van der Waals surface area contributed by atoms with E-state index in [0.29, 0.717) is 19.2 Å². The number of likely N-dealkylation sites (tertiary alicyclic amines) is 1. The Morgan fingerprint density at radius 1 is 1.16 bits per heavy atom. The molecule has 0 unspecified atom stereocenters. The summed E-state index contributed by atoms with van der Waals surface area (Å²) in [5.74, 6) is 2.37. The predicted octanol–water partition coefficient (Wildman–Crippen LogP) is 3.83. The van der Waals surface area contributed by atoms with E-state index in [2.05, 4.69) is 39.6 Å². The van der Waals surface area contributed by atoms with Gasteiger partial charge in [-0.2, -0.15) is 0 Å². The third-order valence-electron chi connectivity index (χ3n) is 5.33. The minimum Gasteiger partial charge on any atom is -0.493 e. The molecule has 8 heteroatoms. The second-order valence-corrected chi connectivity index (χ2v) is 7.63. The third-order valence-corrected chi connectivity index (χ3v) is 5.33. The van der Waals surface area contributed by atoms with Crippen LogP contribution < -0.4 is 20.1 Å². The predicted molar refractivity (Wildman–Crippen MR) is 140 cm³/mol. The van der Waals surface area contributed by atoms with Crippen LogP contribution in [0.4, 0.5) is 0 Å². The van der Waals surface area contributed by atoms with E-state index in [1.54, 1.807) is 7.11 Å². The van der Waals surface area contributed by atoms with Crippen molar-refractivity contribution < 1.29 is 9.47 Å². The van der Waals surface area contributed by atoms with Crippen molar-refractivity contribution in [2.24, 2.45) is 4.99 Å². The van der Waals surface area contributed by atoms with Crippen molar-refractivity contribution in [3.05, 3.63) is 53.9 Å². The molecule has 0 atom stereocenters. The lowest BCUT2D eigenvalue weighted by molar-refractivity contribution is 0.196. The minimum atomic E-state index is 0. The van der Waals surface area contributed by atoms with Gasteiger partial charge in [0.25, 0.3) is 0 Å². The summed E-state index contributed by atoms with van der Waals surface area (Å²) in [5, 5.41) is 6.99. The van der Waals surface area contributed by atoms with Crippen molar-refractivity contribution in [2.75, 3.05) is 33.4 Å². The molecule has 1 aromatic heterocycles.